The van der Waals surface area contributed by atoms with Crippen molar-refractivity contribution in [3.8, 4) is 5.75 Å². The van der Waals surface area contributed by atoms with Crippen LogP contribution < -0.4 is 22.5 Å². The van der Waals surface area contributed by atoms with Crippen LogP contribution in [0.25, 0.3) is 0 Å². The molecule has 0 aliphatic rings. The number of aromatic hydroxyl groups is 1. The molecule has 7 nitrogen and oxygen atoms in total. The third kappa shape index (κ3) is 10.6. The molecule has 0 heterocycles. The number of amides is 1. The number of benzene rings is 1. The van der Waals surface area contributed by atoms with E-state index >= 15 is 0 Å². The lowest BCUT2D eigenvalue weighted by molar-refractivity contribution is -0.130. The maximum Gasteiger partial charge on any atom is 0.238 e. The molecule has 9 heteroatoms. The van der Waals surface area contributed by atoms with E-state index < -0.39 is 0 Å². The Kier molecular flexibility index (Phi) is 11.7. The molecule has 0 saturated heterocycles. The molecule has 1 aromatic carbocycles. The maximum absolute atomic E-state index is 12.0. The number of nitrogens with one attached hydrogen (secondary N) is 2. The topological polar surface area (TPSA) is 123 Å². The number of rotatable bonds is 13. The van der Waals surface area contributed by atoms with Crippen LogP contribution in [0.15, 0.2) is 24.3 Å². The van der Waals surface area contributed by atoms with Gasteiger partial charge in [-0.25, -0.2) is 0 Å². The Labute approximate surface area is 156 Å². The number of nitrogens with two attached hydrogens (primary N) is 2. The van der Waals surface area contributed by atoms with E-state index in [4.69, 9.17) is 16.3 Å². The van der Waals surface area contributed by atoms with E-state index in [0.29, 0.717) is 26.0 Å². The third-order valence-corrected chi connectivity index (χ3v) is 5.74. The average molecular weight is 389 g/mol. The van der Waals surface area contributed by atoms with Crippen molar-refractivity contribution in [1.82, 2.24) is 11.0 Å². The molecule has 25 heavy (non-hydrogen) atoms. The van der Waals surface area contributed by atoms with Crippen molar-refractivity contribution in [2.24, 2.45) is 17.4 Å². The van der Waals surface area contributed by atoms with Crippen LogP contribution in [0.5, 0.6) is 5.75 Å². The zero-order valence-corrected chi connectivity index (χ0v) is 16.1. The molecule has 0 bridgehead atoms. The second-order valence-electron chi connectivity index (χ2n) is 5.64. The monoisotopic (exact) mass is 388 g/mol. The summed E-state index contributed by atoms with van der Waals surface area (Å²) < 4.78 is 0. The van der Waals surface area contributed by atoms with Gasteiger partial charge in [-0.3, -0.25) is 15.1 Å². The maximum atomic E-state index is 12.0. The van der Waals surface area contributed by atoms with Crippen LogP contribution in [0.2, 0.25) is 0 Å². The van der Waals surface area contributed by atoms with Crippen molar-refractivity contribution in [2.45, 2.75) is 25.8 Å². The standard InChI is InChI=1S/C16H28N4O3S2/c1-12(10-14(18)11-13-2-4-15(21)5-3-13)16(22)19-20-23-7-9-25-24-8-6-17/h2-5,12,14,20-21H,6-11,17-18H2,1H3,(H,19,22)/t12-,14+/m0/s1. The third-order valence-electron chi connectivity index (χ3n) is 3.34. The summed E-state index contributed by atoms with van der Waals surface area (Å²) >= 11 is 0. The van der Waals surface area contributed by atoms with Crippen LogP contribution in [-0.4, -0.2) is 41.7 Å². The largest absolute Gasteiger partial charge is 0.508 e. The molecular weight excluding hydrogens is 360 g/mol. The summed E-state index contributed by atoms with van der Waals surface area (Å²) in [5.41, 5.74) is 17.5. The SMILES string of the molecule is C[C@@H](C[C@@H](N)Cc1ccc(O)cc1)C(=O)NNOCCSSCCN. The summed E-state index contributed by atoms with van der Waals surface area (Å²) in [5, 5.41) is 9.27. The van der Waals surface area contributed by atoms with E-state index in [1.54, 1.807) is 33.7 Å². The van der Waals surface area contributed by atoms with E-state index in [-0.39, 0.29) is 23.6 Å². The molecule has 0 fully saturated rings. The zero-order chi connectivity index (χ0) is 18.5. The predicted octanol–water partition coefficient (Wildman–Crippen LogP) is 1.18. The van der Waals surface area contributed by atoms with Gasteiger partial charge in [0.1, 0.15) is 5.75 Å². The van der Waals surface area contributed by atoms with Crippen LogP contribution in [0, 0.1) is 5.92 Å². The van der Waals surface area contributed by atoms with Crippen molar-refractivity contribution in [3.63, 3.8) is 0 Å². The lowest BCUT2D eigenvalue weighted by Crippen LogP contribution is -2.42. The van der Waals surface area contributed by atoms with E-state index in [1.165, 1.54) is 0 Å². The lowest BCUT2D eigenvalue weighted by Gasteiger charge is -2.17. The number of hydrazine groups is 1. The molecular formula is C16H28N4O3S2. The van der Waals surface area contributed by atoms with Crippen molar-refractivity contribution in [3.05, 3.63) is 29.8 Å². The first-order valence-corrected chi connectivity index (χ1v) is 10.7. The quantitative estimate of drug-likeness (QED) is 0.194. The minimum absolute atomic E-state index is 0.137. The van der Waals surface area contributed by atoms with Crippen molar-refractivity contribution in [1.29, 1.82) is 0 Å². The number of phenols is 1. The Bertz CT molecular complexity index is 491. The van der Waals surface area contributed by atoms with Gasteiger partial charge in [0.05, 0.1) is 6.61 Å². The summed E-state index contributed by atoms with van der Waals surface area (Å²) in [4.78, 5) is 17.1. The Balaban J connectivity index is 2.13. The Hall–Kier alpha value is -0.970. The van der Waals surface area contributed by atoms with Crippen LogP contribution in [0.4, 0.5) is 0 Å². The predicted molar refractivity (Wildman–Crippen MR) is 105 cm³/mol. The molecule has 0 aromatic heterocycles. The number of hydrogen-bond acceptors (Lipinski definition) is 8. The smallest absolute Gasteiger partial charge is 0.238 e. The lowest BCUT2D eigenvalue weighted by atomic mass is 9.96. The summed E-state index contributed by atoms with van der Waals surface area (Å²) in [6, 6.07) is 6.79. The van der Waals surface area contributed by atoms with Gasteiger partial charge in [-0.1, -0.05) is 40.6 Å². The first-order chi connectivity index (χ1) is 12.0. The van der Waals surface area contributed by atoms with Gasteiger partial charge < -0.3 is 16.6 Å². The molecule has 0 saturated carbocycles. The first kappa shape index (κ1) is 22.1. The number of phenolic OH excluding ortho intramolecular Hbond substituents is 1. The second-order valence-corrected chi connectivity index (χ2v) is 8.34. The minimum atomic E-state index is -0.238. The summed E-state index contributed by atoms with van der Waals surface area (Å²) in [7, 11) is 3.38. The highest BCUT2D eigenvalue weighted by Crippen LogP contribution is 2.19. The van der Waals surface area contributed by atoms with Crippen molar-refractivity contribution in [2.75, 3.05) is 24.7 Å². The molecule has 0 aliphatic carbocycles. The fraction of sp³-hybridized carbons (Fsp3) is 0.562. The van der Waals surface area contributed by atoms with Crippen LogP contribution >= 0.6 is 21.6 Å². The van der Waals surface area contributed by atoms with Crippen LogP contribution in [0.3, 0.4) is 0 Å². The van der Waals surface area contributed by atoms with E-state index in [0.717, 1.165) is 17.1 Å². The molecule has 0 aliphatic heterocycles. The molecule has 0 unspecified atom stereocenters. The normalized spacial score (nSPS) is 13.4. The molecule has 1 amide bonds. The van der Waals surface area contributed by atoms with Crippen molar-refractivity contribution >= 4 is 27.5 Å². The summed E-state index contributed by atoms with van der Waals surface area (Å²) in [6.07, 6.45) is 1.21. The Morgan fingerprint density at radius 3 is 2.64 bits per heavy atom. The number of carbonyl (C=O) groups excluding carboxylic acids is 1. The zero-order valence-electron chi connectivity index (χ0n) is 14.4. The number of carbonyl (C=O) groups is 1. The second kappa shape index (κ2) is 13.3. The minimum Gasteiger partial charge on any atom is -0.508 e. The van der Waals surface area contributed by atoms with E-state index in [9.17, 15) is 9.90 Å². The fourth-order valence-electron chi connectivity index (χ4n) is 2.08. The summed E-state index contributed by atoms with van der Waals surface area (Å²) in [6.45, 7) is 2.98. The highest BCUT2D eigenvalue weighted by molar-refractivity contribution is 8.76. The van der Waals surface area contributed by atoms with Crippen molar-refractivity contribution < 1.29 is 14.7 Å². The van der Waals surface area contributed by atoms with Gasteiger partial charge in [0.25, 0.3) is 0 Å². The molecule has 7 N–H and O–H groups in total. The van der Waals surface area contributed by atoms with E-state index in [1.807, 2.05) is 19.1 Å². The Morgan fingerprint density at radius 2 is 1.96 bits per heavy atom. The van der Waals surface area contributed by atoms with Gasteiger partial charge in [-0.2, -0.15) is 0 Å². The molecule has 142 valence electrons. The van der Waals surface area contributed by atoms with Crippen LogP contribution in [0.1, 0.15) is 18.9 Å². The Morgan fingerprint density at radius 1 is 1.28 bits per heavy atom. The van der Waals surface area contributed by atoms with Crippen LogP contribution in [-0.2, 0) is 16.1 Å². The molecule has 1 rings (SSSR count). The van der Waals surface area contributed by atoms with Gasteiger partial charge >= 0.3 is 0 Å². The van der Waals surface area contributed by atoms with Gasteiger partial charge in [-0.15, -0.1) is 5.59 Å². The highest BCUT2D eigenvalue weighted by Gasteiger charge is 2.16. The summed E-state index contributed by atoms with van der Waals surface area (Å²) in [5.74, 6) is 1.55. The van der Waals surface area contributed by atoms with Gasteiger partial charge in [0.2, 0.25) is 5.91 Å². The van der Waals surface area contributed by atoms with Gasteiger partial charge in [-0.05, 0) is 30.5 Å². The molecule has 2 atom stereocenters. The first-order valence-electron chi connectivity index (χ1n) is 8.17. The van der Waals surface area contributed by atoms with Gasteiger partial charge in [0.15, 0.2) is 0 Å². The highest BCUT2D eigenvalue weighted by atomic mass is 33.1. The number of hydrogen-bond donors (Lipinski definition) is 5. The molecule has 1 aromatic rings. The molecule has 0 radical (unpaired) electrons. The average Bonchev–Trinajstić information content (AvgIpc) is 2.59. The fourth-order valence-corrected chi connectivity index (χ4v) is 3.76. The van der Waals surface area contributed by atoms with Gasteiger partial charge in [0, 0.05) is 30.0 Å². The molecule has 0 spiro atoms. The van der Waals surface area contributed by atoms with E-state index in [2.05, 4.69) is 11.0 Å².